The number of imidazole rings is 1. The lowest BCUT2D eigenvalue weighted by Crippen LogP contribution is -1.98. The van der Waals surface area contributed by atoms with Gasteiger partial charge in [-0.2, -0.15) is 0 Å². The summed E-state index contributed by atoms with van der Waals surface area (Å²) >= 11 is 0. The van der Waals surface area contributed by atoms with Crippen LogP contribution in [0.4, 0.5) is 10.2 Å². The van der Waals surface area contributed by atoms with Gasteiger partial charge >= 0.3 is 0 Å². The molecule has 2 heterocycles. The molecule has 5 nitrogen and oxygen atoms in total. The molecule has 1 aromatic carbocycles. The molecule has 2 aromatic heterocycles. The van der Waals surface area contributed by atoms with Gasteiger partial charge in [0.2, 0.25) is 6.33 Å². The first kappa shape index (κ1) is 12.0. The lowest BCUT2D eigenvalue weighted by Gasteiger charge is -2.08. The summed E-state index contributed by atoms with van der Waals surface area (Å²) in [6.45, 7) is 7.23. The fourth-order valence-corrected chi connectivity index (χ4v) is 2.53. The van der Waals surface area contributed by atoms with Gasteiger partial charge < -0.3 is 9.41 Å². The predicted molar refractivity (Wildman–Crippen MR) is 75.3 cm³/mol. The van der Waals surface area contributed by atoms with Crippen molar-refractivity contribution < 1.29 is 4.39 Å². The van der Waals surface area contributed by atoms with Gasteiger partial charge in [-0.15, -0.1) is 4.98 Å². The Morgan fingerprint density at radius 2 is 2.19 bits per heavy atom. The van der Waals surface area contributed by atoms with Gasteiger partial charge in [-0.1, -0.05) is 6.57 Å². The Hall–Kier alpha value is -2.81. The first-order valence-corrected chi connectivity index (χ1v) is 6.63. The monoisotopic (exact) mass is 279 g/mol. The first-order valence-electron chi connectivity index (χ1n) is 6.63. The van der Waals surface area contributed by atoms with Crippen molar-refractivity contribution in [3.05, 3.63) is 48.0 Å². The zero-order chi connectivity index (χ0) is 14.4. The summed E-state index contributed by atoms with van der Waals surface area (Å²) in [5.41, 5.74) is 2.07. The highest BCUT2D eigenvalue weighted by Crippen LogP contribution is 2.42. The zero-order valence-electron chi connectivity index (χ0n) is 11.0. The molecule has 0 atom stereocenters. The van der Waals surface area contributed by atoms with Crippen molar-refractivity contribution in [1.82, 2.24) is 19.5 Å². The van der Waals surface area contributed by atoms with E-state index in [1.54, 1.807) is 12.3 Å². The van der Waals surface area contributed by atoms with Crippen LogP contribution in [-0.2, 0) is 0 Å². The minimum absolute atomic E-state index is 0.266. The Bertz CT molecular complexity index is 889. The molecule has 0 unspecified atom stereocenters. The number of rotatable bonds is 2. The van der Waals surface area contributed by atoms with Gasteiger partial charge in [0.1, 0.15) is 11.6 Å². The zero-order valence-corrected chi connectivity index (χ0v) is 11.0. The normalized spacial score (nSPS) is 14.3. The third-order valence-corrected chi connectivity index (χ3v) is 3.60. The molecule has 0 aliphatic heterocycles. The van der Waals surface area contributed by atoms with E-state index in [2.05, 4.69) is 19.8 Å². The summed E-state index contributed by atoms with van der Waals surface area (Å²) in [6.07, 6.45) is 5.02. The van der Waals surface area contributed by atoms with E-state index in [9.17, 15) is 4.39 Å². The molecular formula is C15H10FN5. The van der Waals surface area contributed by atoms with Crippen molar-refractivity contribution in [3.63, 3.8) is 0 Å². The van der Waals surface area contributed by atoms with Crippen LogP contribution in [0.3, 0.4) is 0 Å². The maximum atomic E-state index is 13.5. The Kier molecular flexibility index (Phi) is 2.48. The summed E-state index contributed by atoms with van der Waals surface area (Å²) in [7, 11) is 0. The Morgan fingerprint density at radius 3 is 2.95 bits per heavy atom. The number of nitrogens with zero attached hydrogens (tertiary/aromatic N) is 5. The molecule has 0 bridgehead atoms. The third kappa shape index (κ3) is 1.86. The highest BCUT2D eigenvalue weighted by atomic mass is 19.1. The number of benzene rings is 1. The Morgan fingerprint density at radius 1 is 1.33 bits per heavy atom. The van der Waals surface area contributed by atoms with Crippen LogP contribution in [0.1, 0.15) is 18.9 Å². The second-order valence-corrected chi connectivity index (χ2v) is 5.04. The molecule has 1 fully saturated rings. The number of hydrogen-bond donors (Lipinski definition) is 0. The fraction of sp³-hybridized carbons (Fsp3) is 0.200. The van der Waals surface area contributed by atoms with Gasteiger partial charge in [0.05, 0.1) is 16.6 Å². The van der Waals surface area contributed by atoms with E-state index in [-0.39, 0.29) is 11.6 Å². The van der Waals surface area contributed by atoms with Crippen molar-refractivity contribution in [3.8, 4) is 11.4 Å². The average molecular weight is 279 g/mol. The molecule has 1 saturated carbocycles. The molecule has 0 saturated heterocycles. The van der Waals surface area contributed by atoms with E-state index < -0.39 is 0 Å². The lowest BCUT2D eigenvalue weighted by atomic mass is 10.3. The maximum Gasteiger partial charge on any atom is 0.283 e. The lowest BCUT2D eigenvalue weighted by molar-refractivity contribution is 0.628. The molecule has 21 heavy (non-hydrogen) atoms. The third-order valence-electron chi connectivity index (χ3n) is 3.60. The second-order valence-electron chi connectivity index (χ2n) is 5.04. The summed E-state index contributed by atoms with van der Waals surface area (Å²) < 4.78 is 15.5. The molecule has 0 N–H and O–H groups in total. The van der Waals surface area contributed by atoms with Gasteiger partial charge in [-0.05, 0) is 31.0 Å². The Labute approximate surface area is 119 Å². The molecule has 0 amide bonds. The van der Waals surface area contributed by atoms with Gasteiger partial charge in [0.15, 0.2) is 0 Å². The first-order chi connectivity index (χ1) is 10.3. The van der Waals surface area contributed by atoms with E-state index in [1.165, 1.54) is 18.5 Å². The minimum Gasteiger partial charge on any atom is -0.360 e. The highest BCUT2D eigenvalue weighted by molar-refractivity contribution is 5.83. The van der Waals surface area contributed by atoms with Crippen molar-refractivity contribution >= 4 is 16.9 Å². The quantitative estimate of drug-likeness (QED) is 0.674. The topological polar surface area (TPSA) is 48.0 Å². The number of fused-ring (bicyclic) bond motifs is 1. The van der Waals surface area contributed by atoms with Gasteiger partial charge in [0.25, 0.3) is 5.82 Å². The molecule has 4 rings (SSSR count). The van der Waals surface area contributed by atoms with E-state index >= 15 is 0 Å². The van der Waals surface area contributed by atoms with Crippen molar-refractivity contribution in [2.75, 3.05) is 0 Å². The summed E-state index contributed by atoms with van der Waals surface area (Å²) in [5, 5.41) is 0. The molecule has 0 spiro atoms. The van der Waals surface area contributed by atoms with Gasteiger partial charge in [0, 0.05) is 12.2 Å². The molecule has 102 valence electrons. The molecule has 6 heteroatoms. The van der Waals surface area contributed by atoms with Crippen LogP contribution in [0.5, 0.6) is 0 Å². The maximum absolute atomic E-state index is 13.5. The van der Waals surface area contributed by atoms with E-state index in [0.717, 1.165) is 23.9 Å². The Balaban J connectivity index is 2.05. The number of hydrogen-bond acceptors (Lipinski definition) is 3. The standard InChI is InChI=1S/C15H10FN5/c1-17-14-11(7-18-8-19-14)15-20-12-5-2-9(16)6-13(12)21(15)10-3-4-10/h2,5-8,10H,3-4H2. The summed E-state index contributed by atoms with van der Waals surface area (Å²) in [4.78, 5) is 16.0. The number of aromatic nitrogens is 4. The van der Waals surface area contributed by atoms with Crippen molar-refractivity contribution in [2.24, 2.45) is 0 Å². The largest absolute Gasteiger partial charge is 0.360 e. The van der Waals surface area contributed by atoms with Crippen LogP contribution < -0.4 is 0 Å². The summed E-state index contributed by atoms with van der Waals surface area (Å²) in [6, 6.07) is 4.86. The van der Waals surface area contributed by atoms with E-state index in [1.807, 2.05) is 4.57 Å². The van der Waals surface area contributed by atoms with Crippen molar-refractivity contribution in [2.45, 2.75) is 18.9 Å². The number of halogens is 1. The van der Waals surface area contributed by atoms with E-state index in [4.69, 9.17) is 6.57 Å². The second kappa shape index (κ2) is 4.35. The van der Waals surface area contributed by atoms with Gasteiger partial charge in [-0.3, -0.25) is 0 Å². The summed E-state index contributed by atoms with van der Waals surface area (Å²) in [5.74, 6) is 0.623. The SMILES string of the molecule is [C-]#[N+]c1ncncc1-c1nc2ccc(F)cc2n1C1CC1. The highest BCUT2D eigenvalue weighted by Gasteiger charge is 2.29. The fourth-order valence-electron chi connectivity index (χ4n) is 2.53. The molecular weight excluding hydrogens is 269 g/mol. The van der Waals surface area contributed by atoms with Crippen LogP contribution >= 0.6 is 0 Å². The average Bonchev–Trinajstić information content (AvgIpc) is 3.28. The molecule has 1 aliphatic carbocycles. The molecule has 0 radical (unpaired) electrons. The van der Waals surface area contributed by atoms with Crippen molar-refractivity contribution in [1.29, 1.82) is 0 Å². The van der Waals surface area contributed by atoms with Crippen LogP contribution in [-0.4, -0.2) is 19.5 Å². The molecule has 1 aliphatic rings. The minimum atomic E-state index is -0.287. The molecule has 3 aromatic rings. The predicted octanol–water partition coefficient (Wildman–Crippen LogP) is 3.52. The van der Waals surface area contributed by atoms with E-state index in [0.29, 0.717) is 17.4 Å². The van der Waals surface area contributed by atoms with Crippen LogP contribution in [0.2, 0.25) is 0 Å². The van der Waals surface area contributed by atoms with Crippen LogP contribution in [0.25, 0.3) is 27.3 Å². The van der Waals surface area contributed by atoms with Crippen LogP contribution in [0, 0.1) is 12.4 Å². The smallest absolute Gasteiger partial charge is 0.283 e. The van der Waals surface area contributed by atoms with Crippen LogP contribution in [0.15, 0.2) is 30.7 Å². The van der Waals surface area contributed by atoms with Gasteiger partial charge in [-0.25, -0.2) is 14.4 Å².